The van der Waals surface area contributed by atoms with Gasteiger partial charge in [-0.3, -0.25) is 4.98 Å². The van der Waals surface area contributed by atoms with E-state index < -0.39 is 0 Å². The zero-order valence-electron chi connectivity index (χ0n) is 15.4. The van der Waals surface area contributed by atoms with Crippen molar-refractivity contribution in [1.29, 1.82) is 0 Å². The Morgan fingerprint density at radius 3 is 2.93 bits per heavy atom. The van der Waals surface area contributed by atoms with Crippen LogP contribution in [0, 0.1) is 0 Å². The van der Waals surface area contributed by atoms with Crippen LogP contribution < -0.4 is 4.90 Å². The summed E-state index contributed by atoms with van der Waals surface area (Å²) in [5.74, 6) is 1.77. The average Bonchev–Trinajstić information content (AvgIpc) is 3.12. The van der Waals surface area contributed by atoms with Crippen molar-refractivity contribution in [2.24, 2.45) is 0 Å². The standard InChI is InChI=1S/C21H24N4OS/c26-13-15-7-3-4-11-25(15)20-18-16-8-1-2-9-17(16)27-21(18)24-19(23-20)14-6-5-10-22-12-14/h5-6,10,12,15,26H,1-4,7-9,11,13H2/t15-/m0/s1. The second-order valence-corrected chi connectivity index (χ2v) is 8.61. The van der Waals surface area contributed by atoms with Gasteiger partial charge in [-0.15, -0.1) is 11.3 Å². The number of nitrogens with zero attached hydrogens (tertiary/aromatic N) is 4. The van der Waals surface area contributed by atoms with E-state index in [1.54, 1.807) is 6.20 Å². The molecule has 4 heterocycles. The van der Waals surface area contributed by atoms with Crippen LogP contribution in [0.1, 0.15) is 42.5 Å². The van der Waals surface area contributed by atoms with Crippen molar-refractivity contribution in [1.82, 2.24) is 15.0 Å². The second kappa shape index (κ2) is 7.17. The van der Waals surface area contributed by atoms with Crippen LogP contribution in [0.3, 0.4) is 0 Å². The monoisotopic (exact) mass is 380 g/mol. The van der Waals surface area contributed by atoms with E-state index in [0.29, 0.717) is 0 Å². The molecule has 2 aliphatic rings. The Kier molecular flexibility index (Phi) is 4.53. The summed E-state index contributed by atoms with van der Waals surface area (Å²) < 4.78 is 0. The van der Waals surface area contributed by atoms with Crippen LogP contribution in [0.2, 0.25) is 0 Å². The third-order valence-electron chi connectivity index (χ3n) is 5.83. The molecule has 6 heteroatoms. The van der Waals surface area contributed by atoms with Crippen LogP contribution >= 0.6 is 11.3 Å². The number of hydrogen-bond acceptors (Lipinski definition) is 6. The van der Waals surface area contributed by atoms with Crippen LogP contribution in [-0.2, 0) is 12.8 Å². The normalized spacial score (nSPS) is 20.0. The number of pyridine rings is 1. The van der Waals surface area contributed by atoms with Crippen LogP contribution in [0.5, 0.6) is 0 Å². The summed E-state index contributed by atoms with van der Waals surface area (Å²) in [5, 5.41) is 11.2. The van der Waals surface area contributed by atoms with Gasteiger partial charge in [-0.25, -0.2) is 9.97 Å². The van der Waals surface area contributed by atoms with Gasteiger partial charge in [0.25, 0.3) is 0 Å². The summed E-state index contributed by atoms with van der Waals surface area (Å²) in [6.45, 7) is 1.13. The predicted molar refractivity (Wildman–Crippen MR) is 109 cm³/mol. The Morgan fingerprint density at radius 1 is 1.15 bits per heavy atom. The first-order valence-electron chi connectivity index (χ1n) is 9.95. The summed E-state index contributed by atoms with van der Waals surface area (Å²) in [5.41, 5.74) is 2.40. The van der Waals surface area contributed by atoms with E-state index >= 15 is 0 Å². The zero-order valence-corrected chi connectivity index (χ0v) is 16.2. The molecule has 1 fully saturated rings. The molecule has 0 radical (unpaired) electrons. The van der Waals surface area contributed by atoms with Gasteiger partial charge >= 0.3 is 0 Å². The van der Waals surface area contributed by atoms with Gasteiger partial charge < -0.3 is 10.0 Å². The highest BCUT2D eigenvalue weighted by Crippen LogP contribution is 2.41. The van der Waals surface area contributed by atoms with Crippen LogP contribution in [0.15, 0.2) is 24.5 Å². The van der Waals surface area contributed by atoms with Crippen molar-refractivity contribution in [3.05, 3.63) is 35.0 Å². The molecule has 3 aromatic heterocycles. The Labute approximate surface area is 163 Å². The second-order valence-electron chi connectivity index (χ2n) is 7.53. The molecule has 0 bridgehead atoms. The molecule has 27 heavy (non-hydrogen) atoms. The lowest BCUT2D eigenvalue weighted by atomic mass is 9.96. The predicted octanol–water partition coefficient (Wildman–Crippen LogP) is 3.98. The molecule has 3 aromatic rings. The highest BCUT2D eigenvalue weighted by Gasteiger charge is 2.29. The fourth-order valence-electron chi connectivity index (χ4n) is 4.44. The molecule has 1 N–H and O–H groups in total. The number of aliphatic hydroxyl groups is 1. The summed E-state index contributed by atoms with van der Waals surface area (Å²) >= 11 is 1.83. The lowest BCUT2D eigenvalue weighted by molar-refractivity contribution is 0.239. The van der Waals surface area contributed by atoms with E-state index in [9.17, 15) is 5.11 Å². The fourth-order valence-corrected chi connectivity index (χ4v) is 5.70. The number of anilines is 1. The van der Waals surface area contributed by atoms with Crippen LogP contribution in [0.25, 0.3) is 21.6 Å². The number of rotatable bonds is 3. The van der Waals surface area contributed by atoms with Crippen molar-refractivity contribution >= 4 is 27.4 Å². The first kappa shape index (κ1) is 17.1. The Hall–Kier alpha value is -2.05. The van der Waals surface area contributed by atoms with Gasteiger partial charge in [-0.2, -0.15) is 0 Å². The van der Waals surface area contributed by atoms with Crippen LogP contribution in [-0.4, -0.2) is 39.3 Å². The van der Waals surface area contributed by atoms with Crippen LogP contribution in [0.4, 0.5) is 5.82 Å². The van der Waals surface area contributed by atoms with Crippen molar-refractivity contribution in [3.63, 3.8) is 0 Å². The third kappa shape index (κ3) is 3.01. The van der Waals surface area contributed by atoms with Gasteiger partial charge in [-0.1, -0.05) is 0 Å². The third-order valence-corrected chi connectivity index (χ3v) is 7.01. The molecule has 0 amide bonds. The van der Waals surface area contributed by atoms with Gasteiger partial charge in [-0.05, 0) is 62.6 Å². The Morgan fingerprint density at radius 2 is 2.07 bits per heavy atom. The van der Waals surface area contributed by atoms with Crippen molar-refractivity contribution < 1.29 is 5.11 Å². The minimum Gasteiger partial charge on any atom is -0.394 e. The molecule has 5 nitrogen and oxygen atoms in total. The minimum atomic E-state index is 0.151. The molecule has 1 saturated heterocycles. The lowest BCUT2D eigenvalue weighted by Gasteiger charge is -2.36. The van der Waals surface area contributed by atoms with Crippen molar-refractivity contribution in [2.45, 2.75) is 51.0 Å². The van der Waals surface area contributed by atoms with E-state index in [2.05, 4.69) is 9.88 Å². The number of fused-ring (bicyclic) bond motifs is 3. The maximum absolute atomic E-state index is 9.98. The molecule has 1 aliphatic heterocycles. The molecular formula is C21H24N4OS. The maximum Gasteiger partial charge on any atom is 0.164 e. The van der Waals surface area contributed by atoms with Gasteiger partial charge in [0.15, 0.2) is 5.82 Å². The SMILES string of the molecule is OC[C@@H]1CCCCN1c1nc(-c2cccnc2)nc2sc3c(c12)CCCC3. The Balaban J connectivity index is 1.74. The molecule has 0 aromatic carbocycles. The number of piperidine rings is 1. The van der Waals surface area contributed by atoms with E-state index in [-0.39, 0.29) is 12.6 Å². The minimum absolute atomic E-state index is 0.151. The van der Waals surface area contributed by atoms with E-state index in [1.807, 2.05) is 29.7 Å². The largest absolute Gasteiger partial charge is 0.394 e. The maximum atomic E-state index is 9.98. The molecule has 1 atom stereocenters. The summed E-state index contributed by atoms with van der Waals surface area (Å²) in [4.78, 5) is 19.1. The summed E-state index contributed by atoms with van der Waals surface area (Å²) in [7, 11) is 0. The van der Waals surface area contributed by atoms with Gasteiger partial charge in [0.05, 0.1) is 18.0 Å². The molecular weight excluding hydrogens is 356 g/mol. The zero-order chi connectivity index (χ0) is 18.2. The topological polar surface area (TPSA) is 62.1 Å². The smallest absolute Gasteiger partial charge is 0.164 e. The number of aryl methyl sites for hydroxylation is 2. The quantitative estimate of drug-likeness (QED) is 0.745. The summed E-state index contributed by atoms with van der Waals surface area (Å²) in [6, 6.07) is 4.10. The highest BCUT2D eigenvalue weighted by atomic mass is 32.1. The Bertz CT molecular complexity index is 956. The lowest BCUT2D eigenvalue weighted by Crippen LogP contribution is -2.42. The molecule has 0 saturated carbocycles. The van der Waals surface area contributed by atoms with Gasteiger partial charge in [0.1, 0.15) is 10.6 Å². The number of hydrogen-bond donors (Lipinski definition) is 1. The highest BCUT2D eigenvalue weighted by molar-refractivity contribution is 7.19. The van der Waals surface area contributed by atoms with E-state index in [4.69, 9.17) is 9.97 Å². The molecule has 0 spiro atoms. The number of aromatic nitrogens is 3. The van der Waals surface area contributed by atoms with E-state index in [0.717, 1.165) is 54.3 Å². The molecule has 5 rings (SSSR count). The van der Waals surface area contributed by atoms with E-state index in [1.165, 1.54) is 35.1 Å². The molecule has 1 aliphatic carbocycles. The molecule has 140 valence electrons. The summed E-state index contributed by atoms with van der Waals surface area (Å²) in [6.07, 6.45) is 11.7. The van der Waals surface area contributed by atoms with Crippen molar-refractivity contribution in [3.8, 4) is 11.4 Å². The number of aliphatic hydroxyl groups excluding tert-OH is 1. The first-order valence-corrected chi connectivity index (χ1v) is 10.8. The average molecular weight is 381 g/mol. The number of thiophene rings is 1. The van der Waals surface area contributed by atoms with Gasteiger partial charge in [0, 0.05) is 29.4 Å². The fraction of sp³-hybridized carbons (Fsp3) is 0.476. The van der Waals surface area contributed by atoms with Gasteiger partial charge in [0.2, 0.25) is 0 Å². The molecule has 0 unspecified atom stereocenters. The van der Waals surface area contributed by atoms with Crippen molar-refractivity contribution in [2.75, 3.05) is 18.1 Å². The first-order chi connectivity index (χ1) is 13.3.